The number of nitrogens with two attached hydrogens (primary N) is 1. The van der Waals surface area contributed by atoms with Crippen LogP contribution >= 0.6 is 11.8 Å². The standard InChI is InChI=1S/C17H21NOS/c1-12(2)13-5-8-16(9-6-13)20-11-14-4-7-15(18)10-17(14)19-3/h4-10,12H,11,18H2,1-3H3. The van der Waals surface area contributed by atoms with Gasteiger partial charge in [-0.15, -0.1) is 11.8 Å². The summed E-state index contributed by atoms with van der Waals surface area (Å²) in [7, 11) is 1.68. The van der Waals surface area contributed by atoms with E-state index in [4.69, 9.17) is 10.5 Å². The van der Waals surface area contributed by atoms with Gasteiger partial charge in [0.2, 0.25) is 0 Å². The number of benzene rings is 2. The second-order valence-corrected chi connectivity index (χ2v) is 6.13. The molecule has 0 spiro atoms. The number of thioether (sulfide) groups is 1. The van der Waals surface area contributed by atoms with Crippen LogP contribution in [-0.4, -0.2) is 7.11 Å². The Kier molecular flexibility index (Phi) is 4.96. The summed E-state index contributed by atoms with van der Waals surface area (Å²) in [6.07, 6.45) is 0. The van der Waals surface area contributed by atoms with Crippen molar-refractivity contribution in [3.05, 3.63) is 53.6 Å². The second kappa shape index (κ2) is 6.71. The predicted octanol–water partition coefficient (Wildman–Crippen LogP) is 4.69. The fourth-order valence-corrected chi connectivity index (χ4v) is 2.88. The van der Waals surface area contributed by atoms with Crippen molar-refractivity contribution in [2.24, 2.45) is 0 Å². The largest absolute Gasteiger partial charge is 0.496 e. The minimum Gasteiger partial charge on any atom is -0.496 e. The van der Waals surface area contributed by atoms with Crippen LogP contribution in [0.5, 0.6) is 5.75 Å². The van der Waals surface area contributed by atoms with E-state index in [1.54, 1.807) is 7.11 Å². The maximum atomic E-state index is 5.77. The average molecular weight is 287 g/mol. The van der Waals surface area contributed by atoms with Gasteiger partial charge in [-0.3, -0.25) is 0 Å². The summed E-state index contributed by atoms with van der Waals surface area (Å²) in [5.41, 5.74) is 9.04. The number of anilines is 1. The lowest BCUT2D eigenvalue weighted by Crippen LogP contribution is -1.93. The zero-order chi connectivity index (χ0) is 14.5. The Hall–Kier alpha value is -1.61. The fourth-order valence-electron chi connectivity index (χ4n) is 1.99. The molecule has 2 aromatic rings. The number of hydrogen-bond donors (Lipinski definition) is 1. The summed E-state index contributed by atoms with van der Waals surface area (Å²) in [5.74, 6) is 2.31. The quantitative estimate of drug-likeness (QED) is 0.640. The van der Waals surface area contributed by atoms with Crippen molar-refractivity contribution in [1.29, 1.82) is 0 Å². The third-order valence-corrected chi connectivity index (χ3v) is 4.31. The molecule has 0 atom stereocenters. The Bertz CT molecular complexity index is 564. The van der Waals surface area contributed by atoms with Crippen molar-refractivity contribution in [2.75, 3.05) is 12.8 Å². The van der Waals surface area contributed by atoms with Gasteiger partial charge in [-0.05, 0) is 29.7 Å². The van der Waals surface area contributed by atoms with Crippen LogP contribution in [0.3, 0.4) is 0 Å². The Balaban J connectivity index is 2.05. The van der Waals surface area contributed by atoms with Crippen molar-refractivity contribution in [3.63, 3.8) is 0 Å². The molecule has 0 heterocycles. The van der Waals surface area contributed by atoms with Crippen molar-refractivity contribution in [1.82, 2.24) is 0 Å². The molecule has 0 saturated heterocycles. The highest BCUT2D eigenvalue weighted by atomic mass is 32.2. The Labute approximate surface area is 125 Å². The molecule has 106 valence electrons. The monoisotopic (exact) mass is 287 g/mol. The lowest BCUT2D eigenvalue weighted by molar-refractivity contribution is 0.411. The highest BCUT2D eigenvalue weighted by molar-refractivity contribution is 7.98. The second-order valence-electron chi connectivity index (χ2n) is 5.08. The summed E-state index contributed by atoms with van der Waals surface area (Å²) < 4.78 is 5.37. The lowest BCUT2D eigenvalue weighted by atomic mass is 10.0. The molecule has 2 N–H and O–H groups in total. The highest BCUT2D eigenvalue weighted by Crippen LogP contribution is 2.30. The van der Waals surface area contributed by atoms with Crippen LogP contribution in [0.2, 0.25) is 0 Å². The van der Waals surface area contributed by atoms with Crippen molar-refractivity contribution >= 4 is 17.4 Å². The van der Waals surface area contributed by atoms with E-state index in [0.29, 0.717) is 5.92 Å². The Morgan fingerprint density at radius 2 is 1.80 bits per heavy atom. The van der Waals surface area contributed by atoms with Crippen LogP contribution in [0.15, 0.2) is 47.4 Å². The van der Waals surface area contributed by atoms with E-state index in [2.05, 4.69) is 38.1 Å². The van der Waals surface area contributed by atoms with E-state index in [1.165, 1.54) is 16.0 Å². The molecule has 20 heavy (non-hydrogen) atoms. The fraction of sp³-hybridized carbons (Fsp3) is 0.294. The number of rotatable bonds is 5. The minimum absolute atomic E-state index is 0.575. The Morgan fingerprint density at radius 3 is 2.40 bits per heavy atom. The van der Waals surface area contributed by atoms with E-state index >= 15 is 0 Å². The maximum absolute atomic E-state index is 5.77. The highest BCUT2D eigenvalue weighted by Gasteiger charge is 2.05. The van der Waals surface area contributed by atoms with Gasteiger partial charge in [0.25, 0.3) is 0 Å². The topological polar surface area (TPSA) is 35.2 Å². The van der Waals surface area contributed by atoms with Gasteiger partial charge in [-0.1, -0.05) is 32.0 Å². The van der Waals surface area contributed by atoms with Gasteiger partial charge in [0.1, 0.15) is 5.75 Å². The van der Waals surface area contributed by atoms with Gasteiger partial charge >= 0.3 is 0 Å². The van der Waals surface area contributed by atoms with Crippen molar-refractivity contribution in [3.8, 4) is 5.75 Å². The summed E-state index contributed by atoms with van der Waals surface area (Å²) >= 11 is 1.81. The number of hydrogen-bond acceptors (Lipinski definition) is 3. The number of ether oxygens (including phenoxy) is 1. The number of nitrogen functional groups attached to an aromatic ring is 1. The lowest BCUT2D eigenvalue weighted by Gasteiger charge is -2.10. The van der Waals surface area contributed by atoms with Crippen molar-refractivity contribution in [2.45, 2.75) is 30.4 Å². The van der Waals surface area contributed by atoms with E-state index in [-0.39, 0.29) is 0 Å². The summed E-state index contributed by atoms with van der Waals surface area (Å²) in [5, 5.41) is 0. The van der Waals surface area contributed by atoms with E-state index in [9.17, 15) is 0 Å². The van der Waals surface area contributed by atoms with Gasteiger partial charge in [-0.25, -0.2) is 0 Å². The molecule has 0 saturated carbocycles. The number of methoxy groups -OCH3 is 1. The van der Waals surface area contributed by atoms with Gasteiger partial charge in [-0.2, -0.15) is 0 Å². The summed E-state index contributed by atoms with van der Waals surface area (Å²) in [6.45, 7) is 4.42. The smallest absolute Gasteiger partial charge is 0.124 e. The van der Waals surface area contributed by atoms with Gasteiger partial charge in [0.05, 0.1) is 7.11 Å². The first-order valence-corrected chi connectivity index (χ1v) is 7.74. The van der Waals surface area contributed by atoms with Crippen LogP contribution < -0.4 is 10.5 Å². The van der Waals surface area contributed by atoms with Gasteiger partial charge in [0.15, 0.2) is 0 Å². The molecule has 0 fully saturated rings. The normalized spacial score (nSPS) is 10.8. The van der Waals surface area contributed by atoms with Crippen LogP contribution in [0.1, 0.15) is 30.9 Å². The van der Waals surface area contributed by atoms with Crippen LogP contribution in [0, 0.1) is 0 Å². The third-order valence-electron chi connectivity index (χ3n) is 3.25. The molecule has 0 aliphatic rings. The SMILES string of the molecule is COc1cc(N)ccc1CSc1ccc(C(C)C)cc1. The summed E-state index contributed by atoms with van der Waals surface area (Å²) in [6, 6.07) is 14.6. The molecule has 2 rings (SSSR count). The molecule has 3 heteroatoms. The summed E-state index contributed by atoms with van der Waals surface area (Å²) in [4.78, 5) is 1.27. The molecular weight excluding hydrogens is 266 g/mol. The van der Waals surface area contributed by atoms with Crippen LogP contribution in [0.4, 0.5) is 5.69 Å². The molecule has 0 bridgehead atoms. The molecule has 0 amide bonds. The van der Waals surface area contributed by atoms with Crippen LogP contribution in [0.25, 0.3) is 0 Å². The molecule has 0 radical (unpaired) electrons. The Morgan fingerprint density at radius 1 is 1.10 bits per heavy atom. The predicted molar refractivity (Wildman–Crippen MR) is 87.5 cm³/mol. The first-order chi connectivity index (χ1) is 9.60. The molecular formula is C17H21NOS. The molecule has 0 aromatic heterocycles. The van der Waals surface area contributed by atoms with E-state index < -0.39 is 0 Å². The van der Waals surface area contributed by atoms with Gasteiger partial charge in [0, 0.05) is 28.0 Å². The molecule has 0 aliphatic carbocycles. The molecule has 0 unspecified atom stereocenters. The van der Waals surface area contributed by atoms with Crippen molar-refractivity contribution < 1.29 is 4.74 Å². The van der Waals surface area contributed by atoms with E-state index in [0.717, 1.165) is 17.2 Å². The molecule has 2 nitrogen and oxygen atoms in total. The van der Waals surface area contributed by atoms with E-state index in [1.807, 2.05) is 30.0 Å². The third kappa shape index (κ3) is 3.70. The van der Waals surface area contributed by atoms with Crippen LogP contribution in [-0.2, 0) is 5.75 Å². The average Bonchev–Trinajstić information content (AvgIpc) is 2.46. The zero-order valence-corrected chi connectivity index (χ0v) is 13.0. The zero-order valence-electron chi connectivity index (χ0n) is 12.2. The van der Waals surface area contributed by atoms with Gasteiger partial charge < -0.3 is 10.5 Å². The maximum Gasteiger partial charge on any atom is 0.124 e. The molecule has 0 aliphatic heterocycles. The minimum atomic E-state index is 0.575. The first-order valence-electron chi connectivity index (χ1n) is 6.75. The molecule has 2 aromatic carbocycles. The first kappa shape index (κ1) is 14.8.